The van der Waals surface area contributed by atoms with Crippen molar-refractivity contribution in [2.45, 2.75) is 38.9 Å². The van der Waals surface area contributed by atoms with Crippen LogP contribution in [0.5, 0.6) is 0 Å². The van der Waals surface area contributed by atoms with Gasteiger partial charge in [-0.15, -0.1) is 0 Å². The molecule has 1 aliphatic heterocycles. The minimum Gasteiger partial charge on any atom is -0.383 e. The van der Waals surface area contributed by atoms with Crippen LogP contribution >= 0.6 is 0 Å². The molecule has 1 aliphatic rings. The molecule has 4 rings (SSSR count). The Hall–Kier alpha value is -4.17. The van der Waals surface area contributed by atoms with E-state index in [2.05, 4.69) is 38.8 Å². The molecule has 3 aromatic heterocycles. The second-order valence-corrected chi connectivity index (χ2v) is 8.54. The number of methoxy groups -OCH3 is 1. The number of likely N-dealkylation sites (tertiary alicyclic amines) is 1. The zero-order valence-electron chi connectivity index (χ0n) is 20.9. The number of pyridine rings is 1. The maximum absolute atomic E-state index is 12.4. The lowest BCUT2D eigenvalue weighted by Gasteiger charge is -2.22. The number of nitrogens with zero attached hydrogens (tertiary/aromatic N) is 6. The van der Waals surface area contributed by atoms with Gasteiger partial charge in [0.2, 0.25) is 5.91 Å². The average Bonchev–Trinajstić information content (AvgIpc) is 3.54. The standard InChI is InChI=1S/C25H30N8O3/c1-6-21(34)32-13-17(11-18(32)14-36-5)33-25(27-4)22(23(26)35)19(30-33)9-8-16-10-20-24(28-12-16)31(7-2)15(3)29-20/h6,10,12,17-18,27H,1,7,11,13-14H2,2-5H3,(H2,26,35)/t17-,18+/m0/s1. The fraction of sp³-hybridized carbons (Fsp3) is 0.400. The van der Waals surface area contributed by atoms with Gasteiger partial charge in [-0.1, -0.05) is 12.5 Å². The van der Waals surface area contributed by atoms with Crippen LogP contribution in [0.15, 0.2) is 24.9 Å². The number of amides is 2. The molecule has 0 radical (unpaired) electrons. The molecule has 36 heavy (non-hydrogen) atoms. The molecule has 3 aromatic rings. The van der Waals surface area contributed by atoms with Gasteiger partial charge in [0, 0.05) is 39.0 Å². The molecule has 0 saturated carbocycles. The summed E-state index contributed by atoms with van der Waals surface area (Å²) in [6.45, 7) is 9.12. The van der Waals surface area contributed by atoms with Crippen molar-refractivity contribution in [3.05, 3.63) is 47.6 Å². The van der Waals surface area contributed by atoms with Gasteiger partial charge in [0.1, 0.15) is 22.7 Å². The maximum Gasteiger partial charge on any atom is 0.255 e. The average molecular weight is 491 g/mol. The summed E-state index contributed by atoms with van der Waals surface area (Å²) in [5.41, 5.74) is 8.36. The molecule has 4 heterocycles. The normalized spacial score (nSPS) is 17.2. The fourth-order valence-corrected chi connectivity index (χ4v) is 4.77. The molecule has 2 atom stereocenters. The van der Waals surface area contributed by atoms with Crippen molar-refractivity contribution in [3.63, 3.8) is 0 Å². The third kappa shape index (κ3) is 4.43. The molecule has 0 aliphatic carbocycles. The van der Waals surface area contributed by atoms with Crippen LogP contribution in [-0.2, 0) is 16.1 Å². The third-order valence-corrected chi connectivity index (χ3v) is 6.37. The second-order valence-electron chi connectivity index (χ2n) is 8.54. The van der Waals surface area contributed by atoms with Crippen LogP contribution in [0.1, 0.15) is 46.8 Å². The van der Waals surface area contributed by atoms with Gasteiger partial charge in [-0.3, -0.25) is 9.59 Å². The van der Waals surface area contributed by atoms with Crippen LogP contribution in [0, 0.1) is 18.8 Å². The summed E-state index contributed by atoms with van der Waals surface area (Å²) in [6.07, 6.45) is 3.55. The Morgan fingerprint density at radius 2 is 2.17 bits per heavy atom. The van der Waals surface area contributed by atoms with E-state index in [4.69, 9.17) is 10.5 Å². The largest absolute Gasteiger partial charge is 0.383 e. The Bertz CT molecular complexity index is 1390. The monoisotopic (exact) mass is 490 g/mol. The highest BCUT2D eigenvalue weighted by Gasteiger charge is 2.37. The first kappa shape index (κ1) is 24.9. The van der Waals surface area contributed by atoms with Crippen LogP contribution < -0.4 is 11.1 Å². The van der Waals surface area contributed by atoms with Gasteiger partial charge in [0.25, 0.3) is 5.91 Å². The Balaban J connectivity index is 1.72. The molecule has 188 valence electrons. The van der Waals surface area contributed by atoms with Gasteiger partial charge in [0.05, 0.1) is 18.7 Å². The lowest BCUT2D eigenvalue weighted by atomic mass is 10.1. The summed E-state index contributed by atoms with van der Waals surface area (Å²) in [7, 11) is 3.28. The highest BCUT2D eigenvalue weighted by molar-refractivity contribution is 6.00. The van der Waals surface area contributed by atoms with E-state index in [1.165, 1.54) is 6.08 Å². The first-order valence-electron chi connectivity index (χ1n) is 11.7. The van der Waals surface area contributed by atoms with Crippen molar-refractivity contribution in [1.82, 2.24) is 29.2 Å². The van der Waals surface area contributed by atoms with E-state index in [1.54, 1.807) is 29.9 Å². The van der Waals surface area contributed by atoms with Crippen LogP contribution in [0.3, 0.4) is 0 Å². The number of anilines is 1. The number of imidazole rings is 1. The number of aromatic nitrogens is 5. The minimum atomic E-state index is -0.647. The quantitative estimate of drug-likeness (QED) is 0.378. The highest BCUT2D eigenvalue weighted by Crippen LogP contribution is 2.32. The zero-order chi connectivity index (χ0) is 26.0. The topological polar surface area (TPSA) is 133 Å². The van der Waals surface area contributed by atoms with Crippen molar-refractivity contribution in [3.8, 4) is 11.8 Å². The first-order chi connectivity index (χ1) is 17.3. The number of aryl methyl sites for hydroxylation is 2. The van der Waals surface area contributed by atoms with Gasteiger partial charge in [-0.05, 0) is 38.3 Å². The summed E-state index contributed by atoms with van der Waals surface area (Å²) >= 11 is 0. The zero-order valence-corrected chi connectivity index (χ0v) is 20.9. The number of rotatable bonds is 7. The Labute approximate surface area is 209 Å². The SMILES string of the molecule is C=CC(=O)N1C[C@@H](n2nc(C#Cc3cnc4c(c3)nc(C)n4CC)c(C(N)=O)c2NC)C[C@@H]1COC. The van der Waals surface area contributed by atoms with E-state index in [0.717, 1.165) is 23.5 Å². The molecular weight excluding hydrogens is 460 g/mol. The van der Waals surface area contributed by atoms with E-state index >= 15 is 0 Å². The Morgan fingerprint density at radius 3 is 2.81 bits per heavy atom. The molecule has 0 unspecified atom stereocenters. The van der Waals surface area contributed by atoms with Crippen LogP contribution in [0.2, 0.25) is 0 Å². The number of fused-ring (bicyclic) bond motifs is 1. The molecular formula is C25H30N8O3. The number of primary amides is 1. The molecule has 2 amide bonds. The minimum absolute atomic E-state index is 0.143. The molecule has 11 heteroatoms. The van der Waals surface area contributed by atoms with Gasteiger partial charge >= 0.3 is 0 Å². The summed E-state index contributed by atoms with van der Waals surface area (Å²) in [5.74, 6) is 6.54. The number of hydrogen-bond acceptors (Lipinski definition) is 7. The van der Waals surface area contributed by atoms with Crippen molar-refractivity contribution in [1.29, 1.82) is 0 Å². The lowest BCUT2D eigenvalue weighted by molar-refractivity contribution is -0.127. The van der Waals surface area contributed by atoms with E-state index in [9.17, 15) is 9.59 Å². The molecule has 11 nitrogen and oxygen atoms in total. The van der Waals surface area contributed by atoms with Gasteiger partial charge in [-0.25, -0.2) is 14.6 Å². The number of hydrogen-bond donors (Lipinski definition) is 2. The number of nitrogens with two attached hydrogens (primary N) is 1. The van der Waals surface area contributed by atoms with E-state index in [1.807, 2.05) is 24.5 Å². The van der Waals surface area contributed by atoms with Crippen molar-refractivity contribution >= 4 is 28.8 Å². The first-order valence-corrected chi connectivity index (χ1v) is 11.7. The molecule has 3 N–H and O–H groups in total. The molecule has 1 fully saturated rings. The number of nitrogens with one attached hydrogen (secondary N) is 1. The molecule has 0 aromatic carbocycles. The smallest absolute Gasteiger partial charge is 0.255 e. The number of carbonyl (C=O) groups is 2. The van der Waals surface area contributed by atoms with Crippen LogP contribution in [0.25, 0.3) is 11.2 Å². The number of ether oxygens (including phenoxy) is 1. The summed E-state index contributed by atoms with van der Waals surface area (Å²) in [4.78, 5) is 35.6. The lowest BCUT2D eigenvalue weighted by Crippen LogP contribution is -2.37. The molecule has 1 saturated heterocycles. The van der Waals surface area contributed by atoms with Crippen molar-refractivity contribution < 1.29 is 14.3 Å². The van der Waals surface area contributed by atoms with Crippen molar-refractivity contribution in [2.24, 2.45) is 5.73 Å². The fourth-order valence-electron chi connectivity index (χ4n) is 4.77. The van der Waals surface area contributed by atoms with E-state index in [-0.39, 0.29) is 29.2 Å². The molecule has 0 bridgehead atoms. The van der Waals surface area contributed by atoms with Crippen LogP contribution in [-0.4, -0.2) is 74.4 Å². The van der Waals surface area contributed by atoms with E-state index < -0.39 is 5.91 Å². The third-order valence-electron chi connectivity index (χ3n) is 6.37. The highest BCUT2D eigenvalue weighted by atomic mass is 16.5. The van der Waals surface area contributed by atoms with Gasteiger partial charge in [0.15, 0.2) is 11.3 Å². The Kier molecular flexibility index (Phi) is 7.07. The predicted molar refractivity (Wildman–Crippen MR) is 135 cm³/mol. The summed E-state index contributed by atoms with van der Waals surface area (Å²) < 4.78 is 9.03. The predicted octanol–water partition coefficient (Wildman–Crippen LogP) is 1.47. The molecule has 0 spiro atoms. The Morgan fingerprint density at radius 1 is 1.39 bits per heavy atom. The summed E-state index contributed by atoms with van der Waals surface area (Å²) in [6, 6.07) is 1.51. The maximum atomic E-state index is 12.4. The van der Waals surface area contributed by atoms with Crippen LogP contribution in [0.4, 0.5) is 5.82 Å². The van der Waals surface area contributed by atoms with Gasteiger partial charge in [-0.2, -0.15) is 5.10 Å². The second kappa shape index (κ2) is 10.2. The number of carbonyl (C=O) groups excluding carboxylic acids is 2. The van der Waals surface area contributed by atoms with Crippen molar-refractivity contribution in [2.75, 3.05) is 32.6 Å². The van der Waals surface area contributed by atoms with Gasteiger partial charge < -0.3 is 25.3 Å². The summed E-state index contributed by atoms with van der Waals surface area (Å²) in [5, 5.41) is 7.68. The van der Waals surface area contributed by atoms with E-state index in [0.29, 0.717) is 31.0 Å².